The molecular formula is C21H20ClN3O3. The van der Waals surface area contributed by atoms with E-state index in [1.165, 1.54) is 0 Å². The van der Waals surface area contributed by atoms with Crippen LogP contribution in [-0.4, -0.2) is 25.0 Å². The Morgan fingerprint density at radius 3 is 2.25 bits per heavy atom. The van der Waals surface area contributed by atoms with Crippen LogP contribution in [0.5, 0.6) is 17.2 Å². The van der Waals surface area contributed by atoms with Gasteiger partial charge in [-0.05, 0) is 48.0 Å². The molecule has 0 atom stereocenters. The minimum atomic E-state index is 0.285. The van der Waals surface area contributed by atoms with E-state index in [0.717, 1.165) is 5.56 Å². The van der Waals surface area contributed by atoms with E-state index in [1.54, 1.807) is 63.0 Å². The van der Waals surface area contributed by atoms with Crippen LogP contribution < -0.4 is 19.9 Å². The van der Waals surface area contributed by atoms with Gasteiger partial charge in [0.25, 0.3) is 0 Å². The highest BCUT2D eigenvalue weighted by Crippen LogP contribution is 2.35. The highest BCUT2D eigenvalue weighted by Gasteiger charge is 2.15. The molecule has 0 saturated heterocycles. The van der Waals surface area contributed by atoms with Gasteiger partial charge in [0.2, 0.25) is 0 Å². The summed E-state index contributed by atoms with van der Waals surface area (Å²) in [5, 5.41) is 0.630. The molecule has 1 heterocycles. The molecule has 0 radical (unpaired) electrons. The molecule has 0 saturated carbocycles. The van der Waals surface area contributed by atoms with Crippen molar-refractivity contribution in [3.63, 3.8) is 0 Å². The number of pyridine rings is 1. The maximum absolute atomic E-state index is 6.28. The molecule has 0 aliphatic rings. The maximum atomic E-state index is 6.28. The summed E-state index contributed by atoms with van der Waals surface area (Å²) >= 11 is 5.93. The number of rotatable bonds is 7. The van der Waals surface area contributed by atoms with Gasteiger partial charge < -0.3 is 19.9 Å². The number of hydrogen-bond donors (Lipinski definition) is 1. The van der Waals surface area contributed by atoms with Crippen molar-refractivity contribution >= 4 is 23.1 Å². The number of amidine groups is 1. The molecule has 3 rings (SSSR count). The number of hydrogen-bond acceptors (Lipinski definition) is 5. The average molecular weight is 398 g/mol. The number of nitrogens with two attached hydrogens (primary N) is 1. The first kappa shape index (κ1) is 19.5. The van der Waals surface area contributed by atoms with Crippen LogP contribution >= 0.6 is 11.6 Å². The second-order valence-corrected chi connectivity index (χ2v) is 6.26. The molecule has 0 amide bonds. The smallest absolute Gasteiger partial charge is 0.164 e. The summed E-state index contributed by atoms with van der Waals surface area (Å²) in [6, 6.07) is 14.3. The van der Waals surface area contributed by atoms with Crippen molar-refractivity contribution in [3.8, 4) is 17.2 Å². The monoisotopic (exact) mass is 397 g/mol. The summed E-state index contributed by atoms with van der Waals surface area (Å²) in [6.07, 6.45) is 3.43. The number of ether oxygens (including phenoxy) is 3. The SMILES string of the molecule is COc1cc(OCc2ccncc2)c(C(N)=Nc2ccc(Cl)cc2)cc1OC. The number of methoxy groups -OCH3 is 2. The number of benzene rings is 2. The molecular weight excluding hydrogens is 378 g/mol. The Bertz CT molecular complexity index is 961. The Hall–Kier alpha value is -3.25. The summed E-state index contributed by atoms with van der Waals surface area (Å²) in [5.41, 5.74) is 8.53. The van der Waals surface area contributed by atoms with E-state index < -0.39 is 0 Å². The van der Waals surface area contributed by atoms with E-state index in [-0.39, 0.29) is 5.84 Å². The van der Waals surface area contributed by atoms with Gasteiger partial charge in [-0.25, -0.2) is 4.99 Å². The molecule has 28 heavy (non-hydrogen) atoms. The Balaban J connectivity index is 1.97. The van der Waals surface area contributed by atoms with Crippen molar-refractivity contribution in [1.82, 2.24) is 4.98 Å². The van der Waals surface area contributed by atoms with E-state index in [2.05, 4.69) is 9.98 Å². The van der Waals surface area contributed by atoms with E-state index in [1.807, 2.05) is 12.1 Å². The van der Waals surface area contributed by atoms with Crippen LogP contribution in [0.4, 0.5) is 5.69 Å². The molecule has 6 nitrogen and oxygen atoms in total. The topological polar surface area (TPSA) is 79.0 Å². The predicted octanol–water partition coefficient (Wildman–Crippen LogP) is 4.37. The first-order valence-electron chi connectivity index (χ1n) is 8.48. The number of halogens is 1. The van der Waals surface area contributed by atoms with Gasteiger partial charge in [-0.1, -0.05) is 11.6 Å². The van der Waals surface area contributed by atoms with Crippen molar-refractivity contribution in [1.29, 1.82) is 0 Å². The summed E-state index contributed by atoms with van der Waals surface area (Å²) < 4.78 is 16.8. The van der Waals surface area contributed by atoms with Crippen LogP contribution in [0.15, 0.2) is 65.9 Å². The Morgan fingerprint density at radius 1 is 0.964 bits per heavy atom. The molecule has 7 heteroatoms. The summed E-state index contributed by atoms with van der Waals surface area (Å²) in [5.74, 6) is 1.89. The molecule has 144 valence electrons. The molecule has 1 aromatic heterocycles. The summed E-state index contributed by atoms with van der Waals surface area (Å²) in [7, 11) is 3.13. The van der Waals surface area contributed by atoms with Crippen molar-refractivity contribution in [2.75, 3.05) is 14.2 Å². The zero-order valence-corrected chi connectivity index (χ0v) is 16.3. The molecule has 0 aliphatic heterocycles. The number of nitrogens with zero attached hydrogens (tertiary/aromatic N) is 2. The van der Waals surface area contributed by atoms with Crippen molar-refractivity contribution < 1.29 is 14.2 Å². The average Bonchev–Trinajstić information content (AvgIpc) is 2.73. The minimum absolute atomic E-state index is 0.285. The Morgan fingerprint density at radius 2 is 1.61 bits per heavy atom. The lowest BCUT2D eigenvalue weighted by atomic mass is 10.1. The van der Waals surface area contributed by atoms with E-state index in [0.29, 0.717) is 40.1 Å². The second-order valence-electron chi connectivity index (χ2n) is 5.82. The van der Waals surface area contributed by atoms with Crippen molar-refractivity contribution in [2.24, 2.45) is 10.7 Å². The van der Waals surface area contributed by atoms with Crippen LogP contribution in [0.1, 0.15) is 11.1 Å². The normalized spacial score (nSPS) is 11.2. The van der Waals surface area contributed by atoms with Crippen LogP contribution in [0.25, 0.3) is 0 Å². The summed E-state index contributed by atoms with van der Waals surface area (Å²) in [4.78, 5) is 8.47. The van der Waals surface area contributed by atoms with Gasteiger partial charge in [0.05, 0.1) is 25.5 Å². The van der Waals surface area contributed by atoms with Crippen molar-refractivity contribution in [2.45, 2.75) is 6.61 Å². The molecule has 3 aromatic rings. The fourth-order valence-electron chi connectivity index (χ4n) is 2.53. The number of aliphatic imine (C=N–C) groups is 1. The third kappa shape index (κ3) is 4.72. The molecule has 2 aromatic carbocycles. The summed E-state index contributed by atoms with van der Waals surface area (Å²) in [6.45, 7) is 0.346. The third-order valence-electron chi connectivity index (χ3n) is 3.98. The van der Waals surface area contributed by atoms with Gasteiger partial charge in [0.1, 0.15) is 18.2 Å². The molecule has 0 unspecified atom stereocenters. The van der Waals surface area contributed by atoms with Crippen molar-refractivity contribution in [3.05, 3.63) is 77.1 Å². The van der Waals surface area contributed by atoms with Gasteiger partial charge in [-0.2, -0.15) is 0 Å². The van der Waals surface area contributed by atoms with E-state index >= 15 is 0 Å². The Labute approximate surface area is 168 Å². The zero-order chi connectivity index (χ0) is 19.9. The first-order valence-corrected chi connectivity index (χ1v) is 8.86. The van der Waals surface area contributed by atoms with Gasteiger partial charge in [0.15, 0.2) is 11.5 Å². The lowest BCUT2D eigenvalue weighted by molar-refractivity contribution is 0.299. The fourth-order valence-corrected chi connectivity index (χ4v) is 2.66. The highest BCUT2D eigenvalue weighted by molar-refractivity contribution is 6.30. The highest BCUT2D eigenvalue weighted by atomic mass is 35.5. The second kappa shape index (κ2) is 9.10. The molecule has 0 fully saturated rings. The lowest BCUT2D eigenvalue weighted by Gasteiger charge is -2.15. The molecule has 0 bridgehead atoms. The molecule has 0 aliphatic carbocycles. The quantitative estimate of drug-likeness (QED) is 0.473. The van der Waals surface area contributed by atoms with Crippen LogP contribution in [-0.2, 0) is 6.61 Å². The zero-order valence-electron chi connectivity index (χ0n) is 15.6. The predicted molar refractivity (Wildman–Crippen MR) is 110 cm³/mol. The lowest BCUT2D eigenvalue weighted by Crippen LogP contribution is -2.15. The first-order chi connectivity index (χ1) is 13.6. The van der Waals surface area contributed by atoms with Gasteiger partial charge in [-0.15, -0.1) is 0 Å². The van der Waals surface area contributed by atoms with Crippen LogP contribution in [0.3, 0.4) is 0 Å². The standard InChI is InChI=1S/C21H20ClN3O3/c1-26-19-11-17(21(23)25-16-5-3-15(22)4-6-16)18(12-20(19)27-2)28-13-14-7-9-24-10-8-14/h3-12H,13H2,1-2H3,(H2,23,25). The molecule has 0 spiro atoms. The third-order valence-corrected chi connectivity index (χ3v) is 4.23. The number of aromatic nitrogens is 1. The van der Waals surface area contributed by atoms with E-state index in [4.69, 9.17) is 31.5 Å². The van der Waals surface area contributed by atoms with Gasteiger partial charge in [-0.3, -0.25) is 4.98 Å². The largest absolute Gasteiger partial charge is 0.493 e. The minimum Gasteiger partial charge on any atom is -0.493 e. The fraction of sp³-hybridized carbons (Fsp3) is 0.143. The Kier molecular flexibility index (Phi) is 6.34. The molecule has 2 N–H and O–H groups in total. The van der Waals surface area contributed by atoms with Gasteiger partial charge >= 0.3 is 0 Å². The van der Waals surface area contributed by atoms with Crippen LogP contribution in [0, 0.1) is 0 Å². The van der Waals surface area contributed by atoms with Crippen LogP contribution in [0.2, 0.25) is 5.02 Å². The maximum Gasteiger partial charge on any atom is 0.164 e. The van der Waals surface area contributed by atoms with E-state index in [9.17, 15) is 0 Å². The van der Waals surface area contributed by atoms with Gasteiger partial charge in [0, 0.05) is 23.5 Å².